The van der Waals surface area contributed by atoms with Gasteiger partial charge in [-0.2, -0.15) is 5.10 Å². The Balaban J connectivity index is 2.21. The van der Waals surface area contributed by atoms with Crippen LogP contribution in [0.1, 0.15) is 22.5 Å². The van der Waals surface area contributed by atoms with E-state index in [4.69, 9.17) is 10.7 Å². The predicted molar refractivity (Wildman–Crippen MR) is 91.1 cm³/mol. The largest absolute Gasteiger partial charge is 0.369 e. The first-order chi connectivity index (χ1) is 10.9. The van der Waals surface area contributed by atoms with Crippen molar-refractivity contribution in [3.63, 3.8) is 0 Å². The molecule has 0 bridgehead atoms. The van der Waals surface area contributed by atoms with Crippen molar-refractivity contribution in [1.29, 1.82) is 0 Å². The van der Waals surface area contributed by atoms with E-state index in [1.165, 1.54) is 0 Å². The van der Waals surface area contributed by atoms with Crippen molar-refractivity contribution >= 4 is 16.8 Å². The average Bonchev–Trinajstić information content (AvgIpc) is 2.71. The first-order valence-corrected chi connectivity index (χ1v) is 7.56. The average molecular weight is 308 g/mol. The van der Waals surface area contributed by atoms with Crippen LogP contribution in [0.4, 0.5) is 0 Å². The number of fused-ring (bicyclic) bond motifs is 1. The molecule has 0 unspecified atom stereocenters. The number of hydrogen-bond donors (Lipinski definition) is 1. The molecule has 0 atom stereocenters. The predicted octanol–water partition coefficient (Wildman–Crippen LogP) is 2.59. The zero-order chi connectivity index (χ0) is 16.7. The van der Waals surface area contributed by atoms with E-state index in [2.05, 4.69) is 18.1 Å². The number of nitrogens with zero attached hydrogens (tertiary/aromatic N) is 3. The van der Waals surface area contributed by atoms with Gasteiger partial charge in [-0.25, -0.2) is 4.98 Å². The standard InChI is InChI=1S/C18H20N4O/c1-10-7-16(18-11(2)21-22(4)12(18)3)20-15-8-13(9-17(19)23)5-6-14(10)15/h5-8H,9H2,1-4H3,(H2,19,23). The molecule has 5 nitrogen and oxygen atoms in total. The Hall–Kier alpha value is -2.69. The number of aromatic nitrogens is 3. The van der Waals surface area contributed by atoms with Crippen LogP contribution < -0.4 is 5.73 Å². The molecule has 118 valence electrons. The van der Waals surface area contributed by atoms with Gasteiger partial charge in [-0.05, 0) is 44.0 Å². The van der Waals surface area contributed by atoms with Crippen LogP contribution in [0, 0.1) is 20.8 Å². The summed E-state index contributed by atoms with van der Waals surface area (Å²) in [6.07, 6.45) is 0.228. The molecule has 5 heteroatoms. The molecular formula is C18H20N4O. The summed E-state index contributed by atoms with van der Waals surface area (Å²) in [7, 11) is 1.94. The van der Waals surface area contributed by atoms with Gasteiger partial charge in [0.2, 0.25) is 5.91 Å². The molecule has 2 heterocycles. The van der Waals surface area contributed by atoms with E-state index < -0.39 is 0 Å². The maximum absolute atomic E-state index is 11.1. The third kappa shape index (κ3) is 2.70. The van der Waals surface area contributed by atoms with Gasteiger partial charge in [0.25, 0.3) is 0 Å². The van der Waals surface area contributed by atoms with E-state index in [9.17, 15) is 4.79 Å². The maximum Gasteiger partial charge on any atom is 0.221 e. The van der Waals surface area contributed by atoms with Gasteiger partial charge in [-0.1, -0.05) is 12.1 Å². The summed E-state index contributed by atoms with van der Waals surface area (Å²) in [6.45, 7) is 6.11. The summed E-state index contributed by atoms with van der Waals surface area (Å²) in [5, 5.41) is 5.55. The number of primary amides is 1. The normalized spacial score (nSPS) is 11.1. The number of carbonyl (C=O) groups is 1. The Morgan fingerprint density at radius 3 is 2.57 bits per heavy atom. The topological polar surface area (TPSA) is 73.8 Å². The van der Waals surface area contributed by atoms with Gasteiger partial charge in [0.1, 0.15) is 0 Å². The molecule has 0 saturated carbocycles. The SMILES string of the molecule is Cc1nn(C)c(C)c1-c1cc(C)c2ccc(CC(N)=O)cc2n1. The Morgan fingerprint density at radius 1 is 1.22 bits per heavy atom. The molecule has 0 aliphatic rings. The van der Waals surface area contributed by atoms with Crippen LogP contribution in [0.2, 0.25) is 0 Å². The van der Waals surface area contributed by atoms with Crippen molar-refractivity contribution in [2.75, 3.05) is 0 Å². The van der Waals surface area contributed by atoms with Crippen molar-refractivity contribution in [3.05, 3.63) is 46.8 Å². The molecule has 0 aliphatic heterocycles. The number of nitrogens with two attached hydrogens (primary N) is 1. The summed E-state index contributed by atoms with van der Waals surface area (Å²) in [6, 6.07) is 7.97. The van der Waals surface area contributed by atoms with Crippen LogP contribution in [0.15, 0.2) is 24.3 Å². The van der Waals surface area contributed by atoms with Gasteiger partial charge >= 0.3 is 0 Å². The Morgan fingerprint density at radius 2 is 1.96 bits per heavy atom. The fourth-order valence-corrected chi connectivity index (χ4v) is 3.03. The first-order valence-electron chi connectivity index (χ1n) is 7.56. The van der Waals surface area contributed by atoms with E-state index in [1.54, 1.807) is 0 Å². The smallest absolute Gasteiger partial charge is 0.221 e. The second kappa shape index (κ2) is 5.50. The number of hydrogen-bond acceptors (Lipinski definition) is 3. The third-order valence-electron chi connectivity index (χ3n) is 4.22. The first kappa shape index (κ1) is 15.2. The van der Waals surface area contributed by atoms with Gasteiger partial charge < -0.3 is 5.73 Å². The highest BCUT2D eigenvalue weighted by Crippen LogP contribution is 2.29. The fourth-order valence-electron chi connectivity index (χ4n) is 3.03. The molecule has 2 N–H and O–H groups in total. The minimum atomic E-state index is -0.337. The van der Waals surface area contributed by atoms with E-state index in [-0.39, 0.29) is 12.3 Å². The van der Waals surface area contributed by atoms with Crippen molar-refractivity contribution in [3.8, 4) is 11.3 Å². The quantitative estimate of drug-likeness (QED) is 0.808. The molecule has 1 aromatic carbocycles. The minimum Gasteiger partial charge on any atom is -0.369 e. The van der Waals surface area contributed by atoms with Crippen molar-refractivity contribution in [1.82, 2.24) is 14.8 Å². The number of amides is 1. The van der Waals surface area contributed by atoms with E-state index in [0.717, 1.165) is 44.7 Å². The Kier molecular flexibility index (Phi) is 3.64. The van der Waals surface area contributed by atoms with E-state index >= 15 is 0 Å². The second-order valence-corrected chi connectivity index (χ2v) is 5.99. The molecule has 0 radical (unpaired) electrons. The van der Waals surface area contributed by atoms with Gasteiger partial charge in [-0.15, -0.1) is 0 Å². The maximum atomic E-state index is 11.1. The molecule has 0 spiro atoms. The summed E-state index contributed by atoms with van der Waals surface area (Å²) in [5.41, 5.74) is 12.2. The summed E-state index contributed by atoms with van der Waals surface area (Å²) in [5.74, 6) is -0.337. The molecular weight excluding hydrogens is 288 g/mol. The summed E-state index contributed by atoms with van der Waals surface area (Å²) in [4.78, 5) is 15.9. The van der Waals surface area contributed by atoms with Crippen LogP contribution in [0.5, 0.6) is 0 Å². The van der Waals surface area contributed by atoms with Crippen LogP contribution in [0.3, 0.4) is 0 Å². The molecule has 3 aromatic rings. The highest BCUT2D eigenvalue weighted by molar-refractivity contribution is 5.87. The fraction of sp³-hybridized carbons (Fsp3) is 0.278. The molecule has 0 fully saturated rings. The molecule has 3 rings (SSSR count). The van der Waals surface area contributed by atoms with Crippen LogP contribution in [-0.4, -0.2) is 20.7 Å². The molecule has 23 heavy (non-hydrogen) atoms. The van der Waals surface area contributed by atoms with E-state index in [0.29, 0.717) is 0 Å². The van der Waals surface area contributed by atoms with Crippen LogP contribution in [-0.2, 0) is 18.3 Å². The van der Waals surface area contributed by atoms with Crippen molar-refractivity contribution in [2.24, 2.45) is 12.8 Å². The molecule has 0 saturated heterocycles. The number of benzene rings is 1. The van der Waals surface area contributed by atoms with Gasteiger partial charge in [0, 0.05) is 23.7 Å². The lowest BCUT2D eigenvalue weighted by molar-refractivity contribution is -0.117. The number of rotatable bonds is 3. The third-order valence-corrected chi connectivity index (χ3v) is 4.22. The molecule has 1 amide bonds. The Bertz CT molecular complexity index is 924. The minimum absolute atomic E-state index is 0.228. The number of carbonyl (C=O) groups excluding carboxylic acids is 1. The molecule has 2 aromatic heterocycles. The van der Waals surface area contributed by atoms with Gasteiger partial charge in [0.05, 0.1) is 23.3 Å². The molecule has 0 aliphatic carbocycles. The van der Waals surface area contributed by atoms with Crippen molar-refractivity contribution in [2.45, 2.75) is 27.2 Å². The highest BCUT2D eigenvalue weighted by Gasteiger charge is 2.14. The van der Waals surface area contributed by atoms with Crippen LogP contribution >= 0.6 is 0 Å². The van der Waals surface area contributed by atoms with E-state index in [1.807, 2.05) is 43.8 Å². The highest BCUT2D eigenvalue weighted by atomic mass is 16.1. The number of pyridine rings is 1. The number of aryl methyl sites for hydroxylation is 3. The Labute approximate surface area is 135 Å². The van der Waals surface area contributed by atoms with Crippen molar-refractivity contribution < 1.29 is 4.79 Å². The summed E-state index contributed by atoms with van der Waals surface area (Å²) < 4.78 is 1.87. The lowest BCUT2D eigenvalue weighted by Gasteiger charge is -2.09. The summed E-state index contributed by atoms with van der Waals surface area (Å²) >= 11 is 0. The lowest BCUT2D eigenvalue weighted by atomic mass is 10.0. The zero-order valence-electron chi connectivity index (χ0n) is 13.8. The van der Waals surface area contributed by atoms with Gasteiger partial charge in [0.15, 0.2) is 0 Å². The van der Waals surface area contributed by atoms with Crippen LogP contribution in [0.25, 0.3) is 22.2 Å². The second-order valence-electron chi connectivity index (χ2n) is 5.99. The zero-order valence-corrected chi connectivity index (χ0v) is 13.8. The lowest BCUT2D eigenvalue weighted by Crippen LogP contribution is -2.13. The van der Waals surface area contributed by atoms with Gasteiger partial charge in [-0.3, -0.25) is 9.48 Å². The monoisotopic (exact) mass is 308 g/mol.